The number of aliphatic hydroxyl groups is 1. The van der Waals surface area contributed by atoms with Crippen LogP contribution in [0.3, 0.4) is 0 Å². The van der Waals surface area contributed by atoms with Gasteiger partial charge in [0.05, 0.1) is 11.8 Å². The molecule has 1 aliphatic carbocycles. The van der Waals surface area contributed by atoms with Crippen molar-refractivity contribution in [1.29, 1.82) is 0 Å². The number of rotatable bonds is 5. The molecule has 1 fully saturated rings. The monoisotopic (exact) mass is 385 g/mol. The molecule has 0 atom stereocenters. The smallest absolute Gasteiger partial charge is 0.213 e. The molecule has 2 heterocycles. The van der Waals surface area contributed by atoms with Gasteiger partial charge in [-0.05, 0) is 45.2 Å². The summed E-state index contributed by atoms with van der Waals surface area (Å²) in [7, 11) is 0. The van der Waals surface area contributed by atoms with E-state index >= 15 is 0 Å². The first-order chi connectivity index (χ1) is 13.0. The fourth-order valence-electron chi connectivity index (χ4n) is 2.51. The number of anilines is 1. The number of aromatic nitrogens is 2. The van der Waals surface area contributed by atoms with Gasteiger partial charge in [0.1, 0.15) is 16.9 Å². The minimum Gasteiger partial charge on any atom is -0.488 e. The Morgan fingerprint density at radius 3 is 2.70 bits per heavy atom. The van der Waals surface area contributed by atoms with Crippen molar-refractivity contribution in [2.45, 2.75) is 44.8 Å². The van der Waals surface area contributed by atoms with Crippen LogP contribution in [-0.4, -0.2) is 27.6 Å². The molecule has 0 bridgehead atoms. The first kappa shape index (κ1) is 19.3. The average Bonchev–Trinajstić information content (AvgIpc) is 3.08. The lowest BCUT2D eigenvalue weighted by atomic mass is 9.96. The van der Waals surface area contributed by atoms with Crippen LogP contribution in [0.1, 0.15) is 38.8 Å². The number of benzene rings is 1. The zero-order valence-electron chi connectivity index (χ0n) is 15.4. The summed E-state index contributed by atoms with van der Waals surface area (Å²) in [6, 6.07) is 10.1. The zero-order chi connectivity index (χ0) is 19.3. The van der Waals surface area contributed by atoms with E-state index in [1.807, 2.05) is 24.4 Å². The van der Waals surface area contributed by atoms with Gasteiger partial charge in [0.2, 0.25) is 6.41 Å². The highest BCUT2D eigenvalue weighted by Gasteiger charge is 2.20. The van der Waals surface area contributed by atoms with Crippen LogP contribution in [0.2, 0.25) is 0 Å². The number of amides is 1. The van der Waals surface area contributed by atoms with Crippen LogP contribution in [-0.2, 0) is 10.4 Å². The van der Waals surface area contributed by atoms with E-state index in [-0.39, 0.29) is 0 Å². The summed E-state index contributed by atoms with van der Waals surface area (Å²) < 4.78 is 5.90. The summed E-state index contributed by atoms with van der Waals surface area (Å²) in [6.07, 6.45) is 6.45. The molecule has 7 heteroatoms. The Bertz CT molecular complexity index is 895. The number of hydrogen-bond donors (Lipinski definition) is 2. The van der Waals surface area contributed by atoms with Crippen molar-refractivity contribution in [2.75, 3.05) is 5.32 Å². The molecule has 0 radical (unpaired) electrons. The summed E-state index contributed by atoms with van der Waals surface area (Å²) >= 11 is 1.29. The van der Waals surface area contributed by atoms with Crippen molar-refractivity contribution in [1.82, 2.24) is 9.97 Å². The van der Waals surface area contributed by atoms with Crippen molar-refractivity contribution >= 4 is 33.8 Å². The van der Waals surface area contributed by atoms with Gasteiger partial charge in [-0.25, -0.2) is 4.98 Å². The predicted octanol–water partition coefficient (Wildman–Crippen LogP) is 4.10. The summed E-state index contributed by atoms with van der Waals surface area (Å²) in [4.78, 5) is 18.4. The summed E-state index contributed by atoms with van der Waals surface area (Å²) in [5, 5.41) is 15.3. The molecule has 4 rings (SSSR count). The third-order valence-corrected chi connectivity index (χ3v) is 5.03. The molecule has 1 aromatic carbocycles. The predicted molar refractivity (Wildman–Crippen MR) is 107 cm³/mol. The molecule has 142 valence electrons. The second-order valence-electron chi connectivity index (χ2n) is 6.86. The minimum absolute atomic E-state index is 0.414. The largest absolute Gasteiger partial charge is 0.488 e. The number of nitrogens with one attached hydrogen (secondary N) is 1. The van der Waals surface area contributed by atoms with E-state index < -0.39 is 5.60 Å². The molecule has 0 aliphatic heterocycles. The zero-order valence-corrected chi connectivity index (χ0v) is 16.2. The van der Waals surface area contributed by atoms with Gasteiger partial charge < -0.3 is 15.2 Å². The standard InChI is InChI=1S/C13H13NO.C7H10N2O2S/c1-4-10-5-3-9-14-13(10)12(8-1)15-11-6-2-7-11;1-7(2,11)5-3-12-6(9-5)8-4-10/h1,3-5,8-9,11H,2,6-7H2;3-4,11H,1-2H3,(H,8,9,10). The van der Waals surface area contributed by atoms with E-state index in [0.29, 0.717) is 23.3 Å². The lowest BCUT2D eigenvalue weighted by Gasteiger charge is -2.26. The molecule has 2 N–H and O–H groups in total. The van der Waals surface area contributed by atoms with Crippen molar-refractivity contribution in [3.63, 3.8) is 0 Å². The fourth-order valence-corrected chi connectivity index (χ4v) is 3.34. The molecule has 0 spiro atoms. The summed E-state index contributed by atoms with van der Waals surface area (Å²) in [5.41, 5.74) is 0.600. The van der Waals surface area contributed by atoms with Crippen LogP contribution in [0.5, 0.6) is 5.75 Å². The Balaban J connectivity index is 0.000000161. The Morgan fingerprint density at radius 2 is 2.07 bits per heavy atom. The van der Waals surface area contributed by atoms with Gasteiger partial charge in [0.25, 0.3) is 0 Å². The minimum atomic E-state index is -0.945. The number of thiazole rings is 1. The molecule has 1 saturated carbocycles. The molecule has 6 nitrogen and oxygen atoms in total. The molecular formula is C20H23N3O3S. The number of ether oxygens (including phenoxy) is 1. The number of pyridine rings is 1. The highest BCUT2D eigenvalue weighted by Crippen LogP contribution is 2.29. The van der Waals surface area contributed by atoms with E-state index in [0.717, 1.165) is 16.7 Å². The lowest BCUT2D eigenvalue weighted by Crippen LogP contribution is -2.24. The van der Waals surface area contributed by atoms with Gasteiger partial charge in [-0.1, -0.05) is 18.2 Å². The highest BCUT2D eigenvalue weighted by atomic mass is 32.1. The molecular weight excluding hydrogens is 362 g/mol. The van der Waals surface area contributed by atoms with Crippen molar-refractivity contribution in [3.05, 3.63) is 47.6 Å². The van der Waals surface area contributed by atoms with Gasteiger partial charge in [0.15, 0.2) is 5.13 Å². The molecule has 2 aromatic heterocycles. The van der Waals surface area contributed by atoms with E-state index in [1.54, 1.807) is 19.2 Å². The van der Waals surface area contributed by atoms with Gasteiger partial charge in [-0.15, -0.1) is 11.3 Å². The van der Waals surface area contributed by atoms with Crippen molar-refractivity contribution in [3.8, 4) is 5.75 Å². The van der Waals surface area contributed by atoms with Crippen LogP contribution in [0.25, 0.3) is 10.9 Å². The van der Waals surface area contributed by atoms with Crippen LogP contribution in [0.15, 0.2) is 41.9 Å². The number of carbonyl (C=O) groups excluding carboxylic acids is 1. The Hall–Kier alpha value is -2.51. The second kappa shape index (κ2) is 8.45. The number of hydrogen-bond acceptors (Lipinski definition) is 6. The molecule has 0 unspecified atom stereocenters. The van der Waals surface area contributed by atoms with E-state index in [2.05, 4.69) is 27.4 Å². The maximum absolute atomic E-state index is 10.0. The molecule has 1 aliphatic rings. The maximum atomic E-state index is 10.0. The van der Waals surface area contributed by atoms with Gasteiger partial charge in [-0.3, -0.25) is 9.78 Å². The summed E-state index contributed by atoms with van der Waals surface area (Å²) in [5.74, 6) is 0.929. The molecule has 27 heavy (non-hydrogen) atoms. The third kappa shape index (κ3) is 5.02. The second-order valence-corrected chi connectivity index (χ2v) is 7.72. The Morgan fingerprint density at radius 1 is 1.30 bits per heavy atom. The van der Waals surface area contributed by atoms with Crippen LogP contribution in [0.4, 0.5) is 5.13 Å². The fraction of sp³-hybridized carbons (Fsp3) is 0.350. The van der Waals surface area contributed by atoms with Gasteiger partial charge in [-0.2, -0.15) is 0 Å². The van der Waals surface area contributed by atoms with E-state index in [9.17, 15) is 9.90 Å². The SMILES string of the molecule is CC(C)(O)c1csc(NC=O)n1.c1cnc2c(OC3CCC3)cccc2c1. The number of nitrogens with zero attached hydrogens (tertiary/aromatic N) is 2. The summed E-state index contributed by atoms with van der Waals surface area (Å²) in [6.45, 7) is 3.29. The van der Waals surface area contributed by atoms with Crippen LogP contribution in [0, 0.1) is 0 Å². The molecule has 3 aromatic rings. The van der Waals surface area contributed by atoms with Gasteiger partial charge >= 0.3 is 0 Å². The van der Waals surface area contributed by atoms with E-state index in [1.165, 1.54) is 30.6 Å². The number of carbonyl (C=O) groups is 1. The number of para-hydroxylation sites is 1. The normalized spacial score (nSPS) is 14.0. The van der Waals surface area contributed by atoms with Crippen LogP contribution < -0.4 is 10.1 Å². The van der Waals surface area contributed by atoms with Gasteiger partial charge in [0, 0.05) is 17.0 Å². The highest BCUT2D eigenvalue weighted by molar-refractivity contribution is 7.13. The number of fused-ring (bicyclic) bond motifs is 1. The topological polar surface area (TPSA) is 84.3 Å². The molecule has 1 amide bonds. The quantitative estimate of drug-likeness (QED) is 0.646. The third-order valence-electron chi connectivity index (χ3n) is 4.25. The lowest BCUT2D eigenvalue weighted by molar-refractivity contribution is -0.105. The maximum Gasteiger partial charge on any atom is 0.213 e. The first-order valence-corrected chi connectivity index (χ1v) is 9.74. The average molecular weight is 385 g/mol. The first-order valence-electron chi connectivity index (χ1n) is 8.86. The van der Waals surface area contributed by atoms with Crippen molar-refractivity contribution < 1.29 is 14.6 Å². The molecule has 0 saturated heterocycles. The van der Waals surface area contributed by atoms with Crippen LogP contribution >= 0.6 is 11.3 Å². The van der Waals surface area contributed by atoms with E-state index in [4.69, 9.17) is 4.74 Å². The Labute approximate surface area is 162 Å². The Kier molecular flexibility index (Phi) is 6.03. The van der Waals surface area contributed by atoms with Crippen molar-refractivity contribution in [2.24, 2.45) is 0 Å².